The van der Waals surface area contributed by atoms with Gasteiger partial charge in [-0.05, 0) is 28.8 Å². The topological polar surface area (TPSA) is 68.2 Å². The van der Waals surface area contributed by atoms with Gasteiger partial charge in [-0.3, -0.25) is 9.88 Å². The van der Waals surface area contributed by atoms with Crippen LogP contribution in [-0.2, 0) is 0 Å². The Kier molecular flexibility index (Phi) is 3.25. The Balaban J connectivity index is 1.61. The molecule has 0 aliphatic carbocycles. The fourth-order valence-electron chi connectivity index (χ4n) is 3.42. The normalized spacial score (nSPS) is 16.0. The largest absolute Gasteiger partial charge is 0.370 e. The first-order valence-electron chi connectivity index (χ1n) is 8.52. The molecule has 0 bridgehead atoms. The fraction of sp³-hybridized carbons (Fsp3) is 0.0476. The summed E-state index contributed by atoms with van der Waals surface area (Å²) in [4.78, 5) is 9.26. The lowest BCUT2D eigenvalue weighted by molar-refractivity contribution is 0.626. The van der Waals surface area contributed by atoms with Gasteiger partial charge in [0.2, 0.25) is 5.95 Å². The van der Waals surface area contributed by atoms with E-state index in [9.17, 15) is 0 Å². The maximum atomic E-state index is 6.01. The van der Waals surface area contributed by atoms with Crippen LogP contribution in [-0.4, -0.2) is 15.5 Å². The number of nitrogens with two attached hydrogens (primary N) is 1. The van der Waals surface area contributed by atoms with Crippen molar-refractivity contribution in [1.82, 2.24) is 9.55 Å². The van der Waals surface area contributed by atoms with Crippen LogP contribution in [0.25, 0.3) is 22.2 Å². The summed E-state index contributed by atoms with van der Waals surface area (Å²) in [5, 5.41) is 3.07. The molecular weight excluding hydrogens is 322 g/mol. The lowest BCUT2D eigenvalue weighted by Gasteiger charge is -2.24. The highest BCUT2D eigenvalue weighted by Gasteiger charge is 2.24. The van der Waals surface area contributed by atoms with Crippen molar-refractivity contribution < 1.29 is 0 Å². The van der Waals surface area contributed by atoms with Gasteiger partial charge in [-0.25, -0.2) is 9.98 Å². The second kappa shape index (κ2) is 5.74. The predicted molar refractivity (Wildman–Crippen MR) is 105 cm³/mol. The van der Waals surface area contributed by atoms with Crippen LogP contribution < -0.4 is 11.1 Å². The number of hydrogen-bond acceptors (Lipinski definition) is 4. The molecule has 0 fully saturated rings. The summed E-state index contributed by atoms with van der Waals surface area (Å²) in [7, 11) is 0. The van der Waals surface area contributed by atoms with Gasteiger partial charge in [0.05, 0.1) is 11.0 Å². The zero-order valence-corrected chi connectivity index (χ0v) is 14.0. The number of rotatable bonds is 2. The molecule has 1 aromatic heterocycles. The second-order valence-corrected chi connectivity index (χ2v) is 6.30. The number of imidazole rings is 1. The van der Waals surface area contributed by atoms with Crippen LogP contribution in [0, 0.1) is 0 Å². The molecule has 1 atom stereocenters. The van der Waals surface area contributed by atoms with Gasteiger partial charge in [0.15, 0.2) is 12.1 Å². The maximum Gasteiger partial charge on any atom is 0.212 e. The van der Waals surface area contributed by atoms with Gasteiger partial charge in [0.25, 0.3) is 0 Å². The van der Waals surface area contributed by atoms with Crippen LogP contribution >= 0.6 is 0 Å². The first-order chi connectivity index (χ1) is 12.8. The van der Waals surface area contributed by atoms with Crippen LogP contribution in [0.1, 0.15) is 11.7 Å². The quantitative estimate of drug-likeness (QED) is 0.580. The summed E-state index contributed by atoms with van der Waals surface area (Å²) in [6, 6.07) is 26.8. The molecule has 0 amide bonds. The SMILES string of the molecule is NC1=NC(c2ccc(-c3ccccc3)cc2)n2c(nc3ccccc32)N1. The average Bonchev–Trinajstić information content (AvgIpc) is 3.06. The highest BCUT2D eigenvalue weighted by molar-refractivity contribution is 5.94. The Morgan fingerprint density at radius 2 is 1.50 bits per heavy atom. The molecule has 0 saturated heterocycles. The van der Waals surface area contributed by atoms with Crippen LogP contribution in [0.3, 0.4) is 0 Å². The minimum Gasteiger partial charge on any atom is -0.370 e. The Labute approximate surface area is 150 Å². The average molecular weight is 339 g/mol. The number of anilines is 1. The molecule has 0 saturated carbocycles. The lowest BCUT2D eigenvalue weighted by Crippen LogP contribution is -2.31. The number of nitrogens with one attached hydrogen (secondary N) is 1. The number of aromatic nitrogens is 2. The van der Waals surface area contributed by atoms with E-state index in [-0.39, 0.29) is 6.17 Å². The van der Waals surface area contributed by atoms with Crippen LogP contribution in [0.15, 0.2) is 83.9 Å². The molecule has 1 aliphatic rings. The van der Waals surface area contributed by atoms with Gasteiger partial charge < -0.3 is 5.73 Å². The molecule has 3 aromatic carbocycles. The van der Waals surface area contributed by atoms with Crippen LogP contribution in [0.4, 0.5) is 5.95 Å². The summed E-state index contributed by atoms with van der Waals surface area (Å²) < 4.78 is 2.09. The van der Waals surface area contributed by atoms with Crippen molar-refractivity contribution in [2.75, 3.05) is 5.32 Å². The number of guanidine groups is 1. The van der Waals surface area contributed by atoms with Crippen molar-refractivity contribution >= 4 is 22.9 Å². The zero-order valence-electron chi connectivity index (χ0n) is 14.0. The van der Waals surface area contributed by atoms with Crippen molar-refractivity contribution in [3.8, 4) is 11.1 Å². The summed E-state index contributed by atoms with van der Waals surface area (Å²) >= 11 is 0. The van der Waals surface area contributed by atoms with E-state index in [1.165, 1.54) is 11.1 Å². The number of para-hydroxylation sites is 2. The minimum absolute atomic E-state index is 0.233. The van der Waals surface area contributed by atoms with Gasteiger partial charge in [-0.1, -0.05) is 66.7 Å². The summed E-state index contributed by atoms with van der Waals surface area (Å²) in [6.45, 7) is 0. The molecule has 0 spiro atoms. The van der Waals surface area contributed by atoms with Crippen molar-refractivity contribution in [1.29, 1.82) is 0 Å². The number of hydrogen-bond donors (Lipinski definition) is 2. The predicted octanol–water partition coefficient (Wildman–Crippen LogP) is 3.99. The van der Waals surface area contributed by atoms with Crippen LogP contribution in [0.2, 0.25) is 0 Å². The Morgan fingerprint density at radius 3 is 2.31 bits per heavy atom. The smallest absolute Gasteiger partial charge is 0.212 e. The molecule has 1 aliphatic heterocycles. The van der Waals surface area contributed by atoms with E-state index >= 15 is 0 Å². The van der Waals surface area contributed by atoms with Gasteiger partial charge in [0.1, 0.15) is 0 Å². The van der Waals surface area contributed by atoms with E-state index in [0.717, 1.165) is 22.5 Å². The lowest BCUT2D eigenvalue weighted by atomic mass is 10.0. The number of nitrogens with zero attached hydrogens (tertiary/aromatic N) is 3. The van der Waals surface area contributed by atoms with E-state index < -0.39 is 0 Å². The van der Waals surface area contributed by atoms with E-state index in [0.29, 0.717) is 5.96 Å². The first kappa shape index (κ1) is 14.7. The van der Waals surface area contributed by atoms with Crippen molar-refractivity contribution in [3.05, 3.63) is 84.4 Å². The Bertz CT molecular complexity index is 1110. The monoisotopic (exact) mass is 339 g/mol. The number of aliphatic imine (C=N–C) groups is 1. The van der Waals surface area contributed by atoms with Crippen LogP contribution in [0.5, 0.6) is 0 Å². The molecule has 4 aromatic rings. The molecule has 1 unspecified atom stereocenters. The summed E-state index contributed by atoms with van der Waals surface area (Å²) in [6.07, 6.45) is -0.233. The highest BCUT2D eigenvalue weighted by atomic mass is 15.4. The number of fused-ring (bicyclic) bond motifs is 3. The molecular formula is C21H17N5. The molecule has 126 valence electrons. The highest BCUT2D eigenvalue weighted by Crippen LogP contribution is 2.33. The molecule has 3 N–H and O–H groups in total. The third kappa shape index (κ3) is 2.33. The van der Waals surface area contributed by atoms with Gasteiger partial charge >= 0.3 is 0 Å². The van der Waals surface area contributed by atoms with Gasteiger partial charge in [-0.2, -0.15) is 0 Å². The Morgan fingerprint density at radius 1 is 0.808 bits per heavy atom. The van der Waals surface area contributed by atoms with E-state index in [2.05, 4.69) is 62.3 Å². The molecule has 2 heterocycles. The molecule has 0 radical (unpaired) electrons. The minimum atomic E-state index is -0.233. The van der Waals surface area contributed by atoms with Crippen molar-refractivity contribution in [2.24, 2.45) is 10.7 Å². The summed E-state index contributed by atoms with van der Waals surface area (Å²) in [5.74, 6) is 1.10. The van der Waals surface area contributed by atoms with E-state index in [4.69, 9.17) is 5.73 Å². The second-order valence-electron chi connectivity index (χ2n) is 6.30. The van der Waals surface area contributed by atoms with E-state index in [1.807, 2.05) is 36.4 Å². The third-order valence-electron chi connectivity index (χ3n) is 4.66. The zero-order chi connectivity index (χ0) is 17.5. The Hall–Kier alpha value is -3.60. The summed E-state index contributed by atoms with van der Waals surface area (Å²) in [5.41, 5.74) is 11.4. The first-order valence-corrected chi connectivity index (χ1v) is 8.52. The standard InChI is InChI=1S/C21H17N5/c22-20-24-19(26-18-9-5-4-8-17(18)23-21(26)25-20)16-12-10-15(11-13-16)14-6-2-1-3-7-14/h1-13,19H,(H3,22,23,24,25). The van der Waals surface area contributed by atoms with E-state index in [1.54, 1.807) is 0 Å². The molecule has 5 nitrogen and oxygen atoms in total. The molecule has 5 rings (SSSR count). The van der Waals surface area contributed by atoms with Crippen molar-refractivity contribution in [3.63, 3.8) is 0 Å². The van der Waals surface area contributed by atoms with Crippen molar-refractivity contribution in [2.45, 2.75) is 6.17 Å². The number of benzene rings is 3. The maximum absolute atomic E-state index is 6.01. The molecule has 26 heavy (non-hydrogen) atoms. The fourth-order valence-corrected chi connectivity index (χ4v) is 3.42. The third-order valence-corrected chi connectivity index (χ3v) is 4.66. The van der Waals surface area contributed by atoms with Gasteiger partial charge in [-0.15, -0.1) is 0 Å². The molecule has 5 heteroatoms. The van der Waals surface area contributed by atoms with Gasteiger partial charge in [0, 0.05) is 0 Å².